The van der Waals surface area contributed by atoms with E-state index in [1.54, 1.807) is 7.11 Å². The lowest BCUT2D eigenvalue weighted by Gasteiger charge is -2.20. The highest BCUT2D eigenvalue weighted by Crippen LogP contribution is 2.15. The van der Waals surface area contributed by atoms with E-state index in [1.807, 2.05) is 30.4 Å². The van der Waals surface area contributed by atoms with Crippen LogP contribution in [0.3, 0.4) is 0 Å². The normalized spacial score (nSPS) is 17.5. The number of hydrogen-bond acceptors (Lipinski definition) is 4. The zero-order valence-electron chi connectivity index (χ0n) is 18.2. The third-order valence-electron chi connectivity index (χ3n) is 5.11. The number of nitrogens with one attached hydrogen (secondary N) is 2. The number of ether oxygens (including phenoxy) is 1. The van der Waals surface area contributed by atoms with Crippen LogP contribution in [0.4, 0.5) is 0 Å². The molecule has 1 saturated heterocycles. The average Bonchev–Trinajstić information content (AvgIpc) is 3.22. The van der Waals surface area contributed by atoms with Crippen LogP contribution in [0.2, 0.25) is 0 Å². The Balaban J connectivity index is 2.01. The monoisotopic (exact) mass is 392 g/mol. The van der Waals surface area contributed by atoms with Gasteiger partial charge in [-0.05, 0) is 27.2 Å². The molecule has 1 atom stereocenters. The summed E-state index contributed by atoms with van der Waals surface area (Å²) in [4.78, 5) is 18.9. The van der Waals surface area contributed by atoms with Gasteiger partial charge in [0.1, 0.15) is 0 Å². The van der Waals surface area contributed by atoms with Gasteiger partial charge in [-0.3, -0.25) is 9.48 Å². The van der Waals surface area contributed by atoms with E-state index in [0.29, 0.717) is 13.2 Å². The molecule has 1 amide bonds. The van der Waals surface area contributed by atoms with Crippen LogP contribution in [0.15, 0.2) is 4.99 Å². The van der Waals surface area contributed by atoms with Crippen LogP contribution in [0.1, 0.15) is 44.1 Å². The van der Waals surface area contributed by atoms with Crippen molar-refractivity contribution in [2.75, 3.05) is 33.4 Å². The molecule has 0 bridgehead atoms. The summed E-state index contributed by atoms with van der Waals surface area (Å²) in [6.07, 6.45) is 0.940. The van der Waals surface area contributed by atoms with Crippen LogP contribution < -0.4 is 10.6 Å². The summed E-state index contributed by atoms with van der Waals surface area (Å²) in [6.45, 7) is 14.3. The second kappa shape index (κ2) is 10.5. The number of nitrogens with zero attached hydrogens (tertiary/aromatic N) is 4. The van der Waals surface area contributed by atoms with Gasteiger partial charge in [0.2, 0.25) is 5.91 Å². The van der Waals surface area contributed by atoms with E-state index in [9.17, 15) is 4.79 Å². The van der Waals surface area contributed by atoms with Crippen LogP contribution in [0.5, 0.6) is 0 Å². The molecule has 1 aromatic heterocycles. The highest BCUT2D eigenvalue weighted by molar-refractivity contribution is 5.81. The smallest absolute Gasteiger partial charge is 0.225 e. The van der Waals surface area contributed by atoms with E-state index in [4.69, 9.17) is 9.73 Å². The molecule has 1 aromatic rings. The standard InChI is InChI=1S/C20H36N6O2/c1-7-21-20(23-17-8-9-25(13-17)19(27)14(2)3)22-12-18-15(4)24-26(16(18)5)10-11-28-6/h14,17H,7-13H2,1-6H3,(H2,21,22,23). The molecular formula is C20H36N6O2. The zero-order chi connectivity index (χ0) is 20.7. The van der Waals surface area contributed by atoms with E-state index in [2.05, 4.69) is 29.6 Å². The topological polar surface area (TPSA) is 83.8 Å². The van der Waals surface area contributed by atoms with Gasteiger partial charge in [0, 0.05) is 50.0 Å². The van der Waals surface area contributed by atoms with Crippen molar-refractivity contribution < 1.29 is 9.53 Å². The number of carbonyl (C=O) groups excluding carboxylic acids is 1. The first-order valence-corrected chi connectivity index (χ1v) is 10.2. The Labute approximate surface area is 168 Å². The third kappa shape index (κ3) is 5.70. The van der Waals surface area contributed by atoms with Crippen molar-refractivity contribution in [3.63, 3.8) is 0 Å². The molecule has 0 radical (unpaired) electrons. The highest BCUT2D eigenvalue weighted by atomic mass is 16.5. The van der Waals surface area contributed by atoms with Gasteiger partial charge in [0.05, 0.1) is 25.4 Å². The molecule has 1 aliphatic rings. The molecule has 2 heterocycles. The molecule has 0 saturated carbocycles. The van der Waals surface area contributed by atoms with Gasteiger partial charge in [-0.15, -0.1) is 0 Å². The van der Waals surface area contributed by atoms with Gasteiger partial charge in [-0.2, -0.15) is 5.10 Å². The Bertz CT molecular complexity index is 682. The number of aromatic nitrogens is 2. The minimum absolute atomic E-state index is 0.0428. The van der Waals surface area contributed by atoms with Crippen molar-refractivity contribution in [2.24, 2.45) is 10.9 Å². The molecule has 2 rings (SSSR count). The number of carbonyl (C=O) groups is 1. The number of rotatable bonds is 8. The van der Waals surface area contributed by atoms with Gasteiger partial charge in [-0.1, -0.05) is 13.8 Å². The zero-order valence-corrected chi connectivity index (χ0v) is 18.2. The summed E-state index contributed by atoms with van der Waals surface area (Å²) >= 11 is 0. The molecule has 2 N–H and O–H groups in total. The second-order valence-corrected chi connectivity index (χ2v) is 7.63. The molecule has 0 aliphatic carbocycles. The molecule has 8 nitrogen and oxygen atoms in total. The fourth-order valence-corrected chi connectivity index (χ4v) is 3.47. The Morgan fingerprint density at radius 3 is 2.79 bits per heavy atom. The van der Waals surface area contributed by atoms with Crippen LogP contribution in [-0.4, -0.2) is 65.9 Å². The van der Waals surface area contributed by atoms with Crippen molar-refractivity contribution in [3.8, 4) is 0 Å². The van der Waals surface area contributed by atoms with Crippen molar-refractivity contribution in [3.05, 3.63) is 17.0 Å². The van der Waals surface area contributed by atoms with Gasteiger partial charge >= 0.3 is 0 Å². The number of methoxy groups -OCH3 is 1. The Kier molecular flexibility index (Phi) is 8.29. The van der Waals surface area contributed by atoms with E-state index in [0.717, 1.165) is 55.5 Å². The lowest BCUT2D eigenvalue weighted by Crippen LogP contribution is -2.45. The molecule has 158 valence electrons. The van der Waals surface area contributed by atoms with E-state index in [-0.39, 0.29) is 17.9 Å². The Hall–Kier alpha value is -2.09. The summed E-state index contributed by atoms with van der Waals surface area (Å²) < 4.78 is 7.14. The number of likely N-dealkylation sites (tertiary alicyclic amines) is 1. The number of amides is 1. The van der Waals surface area contributed by atoms with Crippen LogP contribution in [0.25, 0.3) is 0 Å². The fourth-order valence-electron chi connectivity index (χ4n) is 3.47. The Morgan fingerprint density at radius 1 is 1.39 bits per heavy atom. The lowest BCUT2D eigenvalue weighted by atomic mass is 10.2. The Morgan fingerprint density at radius 2 is 2.14 bits per heavy atom. The minimum Gasteiger partial charge on any atom is -0.383 e. The van der Waals surface area contributed by atoms with Crippen molar-refractivity contribution in [1.29, 1.82) is 0 Å². The van der Waals surface area contributed by atoms with E-state index >= 15 is 0 Å². The van der Waals surface area contributed by atoms with Crippen molar-refractivity contribution in [2.45, 2.75) is 60.2 Å². The molecule has 28 heavy (non-hydrogen) atoms. The summed E-state index contributed by atoms with van der Waals surface area (Å²) in [5.41, 5.74) is 3.28. The summed E-state index contributed by atoms with van der Waals surface area (Å²) in [5, 5.41) is 11.4. The molecule has 1 unspecified atom stereocenters. The first kappa shape index (κ1) is 22.2. The highest BCUT2D eigenvalue weighted by Gasteiger charge is 2.28. The number of aryl methyl sites for hydroxylation is 1. The molecule has 0 aromatic carbocycles. The fraction of sp³-hybridized carbons (Fsp3) is 0.750. The molecule has 1 aliphatic heterocycles. The predicted octanol–water partition coefficient (Wildman–Crippen LogP) is 1.46. The van der Waals surface area contributed by atoms with Crippen molar-refractivity contribution >= 4 is 11.9 Å². The average molecular weight is 393 g/mol. The SMILES string of the molecule is CCNC(=NCc1c(C)nn(CCOC)c1C)NC1CCN(C(=O)C(C)C)C1. The first-order valence-electron chi connectivity index (χ1n) is 10.2. The van der Waals surface area contributed by atoms with Crippen LogP contribution >= 0.6 is 0 Å². The van der Waals surface area contributed by atoms with E-state index in [1.165, 1.54) is 0 Å². The first-order chi connectivity index (χ1) is 13.4. The third-order valence-corrected chi connectivity index (χ3v) is 5.11. The maximum Gasteiger partial charge on any atom is 0.225 e. The molecular weight excluding hydrogens is 356 g/mol. The summed E-state index contributed by atoms with van der Waals surface area (Å²) in [7, 11) is 1.70. The van der Waals surface area contributed by atoms with Crippen LogP contribution in [0, 0.1) is 19.8 Å². The van der Waals surface area contributed by atoms with Gasteiger partial charge in [0.15, 0.2) is 5.96 Å². The lowest BCUT2D eigenvalue weighted by molar-refractivity contribution is -0.133. The maximum absolute atomic E-state index is 12.2. The van der Waals surface area contributed by atoms with E-state index < -0.39 is 0 Å². The molecule has 8 heteroatoms. The maximum atomic E-state index is 12.2. The van der Waals surface area contributed by atoms with Gasteiger partial charge in [0.25, 0.3) is 0 Å². The number of aliphatic imine (C=N–C) groups is 1. The van der Waals surface area contributed by atoms with Crippen LogP contribution in [-0.2, 0) is 22.6 Å². The molecule has 1 fully saturated rings. The minimum atomic E-state index is 0.0428. The molecule has 0 spiro atoms. The summed E-state index contributed by atoms with van der Waals surface area (Å²) in [5.74, 6) is 1.05. The predicted molar refractivity (Wildman–Crippen MR) is 111 cm³/mol. The largest absolute Gasteiger partial charge is 0.383 e. The summed E-state index contributed by atoms with van der Waals surface area (Å²) in [6, 6.07) is 0.229. The quantitative estimate of drug-likeness (QED) is 0.517. The van der Waals surface area contributed by atoms with Gasteiger partial charge in [-0.25, -0.2) is 4.99 Å². The number of guanidine groups is 1. The van der Waals surface area contributed by atoms with Crippen molar-refractivity contribution in [1.82, 2.24) is 25.3 Å². The number of hydrogen-bond donors (Lipinski definition) is 2. The van der Waals surface area contributed by atoms with Gasteiger partial charge < -0.3 is 20.3 Å². The second-order valence-electron chi connectivity index (χ2n) is 7.63.